The second-order valence-electron chi connectivity index (χ2n) is 5.28. The highest BCUT2D eigenvalue weighted by molar-refractivity contribution is 5.95. The third-order valence-electron chi connectivity index (χ3n) is 3.55. The van der Waals surface area contributed by atoms with Gasteiger partial charge in [-0.25, -0.2) is 0 Å². The molecule has 0 aliphatic carbocycles. The van der Waals surface area contributed by atoms with Crippen LogP contribution in [0.4, 0.5) is 0 Å². The number of phenolic OH excluding ortho intramolecular Hbond substituents is 2. The lowest BCUT2D eigenvalue weighted by molar-refractivity contribution is 0.0936. The smallest absolute Gasteiger partial charge is 0.251 e. The summed E-state index contributed by atoms with van der Waals surface area (Å²) < 4.78 is 0. The first-order valence-corrected chi connectivity index (χ1v) is 7.52. The molecule has 0 saturated carbocycles. The van der Waals surface area contributed by atoms with Gasteiger partial charge in [-0.1, -0.05) is 13.8 Å². The molecule has 1 aromatic carbocycles. The molecule has 0 aliphatic heterocycles. The van der Waals surface area contributed by atoms with E-state index in [-0.39, 0.29) is 29.0 Å². The molecule has 0 aliphatic rings. The SMILES string of the molecule is CCN(CC)CCCC(C)NC(=O)c1cc(O)cc(O)c1. The Balaban J connectivity index is 2.43. The lowest BCUT2D eigenvalue weighted by atomic mass is 10.1. The number of hydrogen-bond donors (Lipinski definition) is 3. The molecule has 0 spiro atoms. The zero-order valence-electron chi connectivity index (χ0n) is 13.1. The van der Waals surface area contributed by atoms with E-state index >= 15 is 0 Å². The Kier molecular flexibility index (Phi) is 7.02. The topological polar surface area (TPSA) is 72.8 Å². The van der Waals surface area contributed by atoms with E-state index in [9.17, 15) is 15.0 Å². The van der Waals surface area contributed by atoms with Crippen LogP contribution in [0.2, 0.25) is 0 Å². The van der Waals surface area contributed by atoms with Crippen LogP contribution in [0.3, 0.4) is 0 Å². The molecule has 21 heavy (non-hydrogen) atoms. The quantitative estimate of drug-likeness (QED) is 0.688. The standard InChI is InChI=1S/C16H26N2O3/c1-4-18(5-2)8-6-7-12(3)17-16(21)13-9-14(19)11-15(20)10-13/h9-12,19-20H,4-8H2,1-3H3,(H,17,21). The van der Waals surface area contributed by atoms with Crippen molar-refractivity contribution in [3.8, 4) is 11.5 Å². The van der Waals surface area contributed by atoms with E-state index in [1.54, 1.807) is 0 Å². The van der Waals surface area contributed by atoms with Crippen LogP contribution in [0.25, 0.3) is 0 Å². The van der Waals surface area contributed by atoms with Crippen molar-refractivity contribution in [2.24, 2.45) is 0 Å². The highest BCUT2D eigenvalue weighted by Crippen LogP contribution is 2.20. The van der Waals surface area contributed by atoms with Crippen molar-refractivity contribution < 1.29 is 15.0 Å². The number of aromatic hydroxyl groups is 2. The average molecular weight is 294 g/mol. The van der Waals surface area contributed by atoms with Gasteiger partial charge in [0.25, 0.3) is 5.91 Å². The summed E-state index contributed by atoms with van der Waals surface area (Å²) >= 11 is 0. The van der Waals surface area contributed by atoms with Crippen molar-refractivity contribution in [2.75, 3.05) is 19.6 Å². The number of rotatable bonds is 8. The molecule has 0 fully saturated rings. The third kappa shape index (κ3) is 6.04. The first kappa shape index (κ1) is 17.3. The minimum absolute atomic E-state index is 0.0533. The van der Waals surface area contributed by atoms with Crippen molar-refractivity contribution in [2.45, 2.75) is 39.7 Å². The molecule has 0 radical (unpaired) electrons. The summed E-state index contributed by atoms with van der Waals surface area (Å²) in [5, 5.41) is 21.7. The average Bonchev–Trinajstić information content (AvgIpc) is 2.42. The van der Waals surface area contributed by atoms with Crippen molar-refractivity contribution in [1.82, 2.24) is 10.2 Å². The van der Waals surface area contributed by atoms with E-state index in [4.69, 9.17) is 0 Å². The van der Waals surface area contributed by atoms with E-state index in [0.717, 1.165) is 32.5 Å². The van der Waals surface area contributed by atoms with Gasteiger partial charge in [-0.05, 0) is 51.5 Å². The Morgan fingerprint density at radius 2 is 1.76 bits per heavy atom. The Morgan fingerprint density at radius 3 is 2.29 bits per heavy atom. The van der Waals surface area contributed by atoms with Crippen molar-refractivity contribution in [1.29, 1.82) is 0 Å². The predicted molar refractivity (Wildman–Crippen MR) is 83.7 cm³/mol. The van der Waals surface area contributed by atoms with Crippen molar-refractivity contribution in [3.05, 3.63) is 23.8 Å². The molecule has 1 atom stereocenters. The van der Waals surface area contributed by atoms with Gasteiger partial charge in [-0.2, -0.15) is 0 Å². The van der Waals surface area contributed by atoms with Crippen LogP contribution in [-0.4, -0.2) is 46.7 Å². The summed E-state index contributed by atoms with van der Waals surface area (Å²) in [5.74, 6) is -0.514. The lowest BCUT2D eigenvalue weighted by Gasteiger charge is -2.19. The second kappa shape index (κ2) is 8.52. The summed E-state index contributed by atoms with van der Waals surface area (Å²) in [4.78, 5) is 14.4. The number of carbonyl (C=O) groups excluding carboxylic acids is 1. The van der Waals surface area contributed by atoms with Gasteiger partial charge in [0.1, 0.15) is 11.5 Å². The maximum Gasteiger partial charge on any atom is 0.251 e. The Labute approximate surface area is 126 Å². The van der Waals surface area contributed by atoms with Crippen molar-refractivity contribution in [3.63, 3.8) is 0 Å². The molecule has 1 rings (SSSR count). The number of nitrogens with one attached hydrogen (secondary N) is 1. The first-order chi connectivity index (χ1) is 9.96. The fraction of sp³-hybridized carbons (Fsp3) is 0.562. The predicted octanol–water partition coefficient (Wildman–Crippen LogP) is 2.34. The number of amides is 1. The van der Waals surface area contributed by atoms with Gasteiger partial charge < -0.3 is 20.4 Å². The van der Waals surface area contributed by atoms with Gasteiger partial charge in [0, 0.05) is 17.7 Å². The zero-order valence-corrected chi connectivity index (χ0v) is 13.1. The molecule has 0 bridgehead atoms. The summed E-state index contributed by atoms with van der Waals surface area (Å²) in [6.45, 7) is 9.36. The summed E-state index contributed by atoms with van der Waals surface area (Å²) in [6.07, 6.45) is 1.92. The second-order valence-corrected chi connectivity index (χ2v) is 5.28. The lowest BCUT2D eigenvalue weighted by Crippen LogP contribution is -2.33. The molecule has 3 N–H and O–H groups in total. The Bertz CT molecular complexity index is 439. The third-order valence-corrected chi connectivity index (χ3v) is 3.55. The number of hydrogen-bond acceptors (Lipinski definition) is 4. The molecule has 0 heterocycles. The summed E-state index contributed by atoms with van der Waals surface area (Å²) in [5.41, 5.74) is 0.267. The molecule has 1 amide bonds. The number of benzene rings is 1. The van der Waals surface area contributed by atoms with E-state index in [1.807, 2.05) is 6.92 Å². The fourth-order valence-corrected chi connectivity index (χ4v) is 2.27. The van der Waals surface area contributed by atoms with Crippen LogP contribution >= 0.6 is 0 Å². The fourth-order valence-electron chi connectivity index (χ4n) is 2.27. The molecule has 0 saturated heterocycles. The van der Waals surface area contributed by atoms with E-state index in [2.05, 4.69) is 24.1 Å². The molecule has 5 nitrogen and oxygen atoms in total. The number of phenols is 2. The monoisotopic (exact) mass is 294 g/mol. The number of nitrogens with zero attached hydrogens (tertiary/aromatic N) is 1. The molecule has 1 unspecified atom stereocenters. The van der Waals surface area contributed by atoms with E-state index in [0.29, 0.717) is 0 Å². The molecule has 118 valence electrons. The van der Waals surface area contributed by atoms with Gasteiger partial charge in [0.05, 0.1) is 0 Å². The van der Waals surface area contributed by atoms with Gasteiger partial charge in [0.2, 0.25) is 0 Å². The zero-order chi connectivity index (χ0) is 15.8. The largest absolute Gasteiger partial charge is 0.508 e. The number of carbonyl (C=O) groups is 1. The maximum atomic E-state index is 12.0. The highest BCUT2D eigenvalue weighted by Gasteiger charge is 2.12. The van der Waals surface area contributed by atoms with Crippen LogP contribution in [0.5, 0.6) is 11.5 Å². The van der Waals surface area contributed by atoms with Crippen LogP contribution in [0.1, 0.15) is 44.0 Å². The van der Waals surface area contributed by atoms with Gasteiger partial charge in [-0.3, -0.25) is 4.79 Å². The maximum absolute atomic E-state index is 12.0. The molecule has 1 aromatic rings. The molecule has 5 heteroatoms. The van der Waals surface area contributed by atoms with Gasteiger partial charge in [0.15, 0.2) is 0 Å². The van der Waals surface area contributed by atoms with E-state index < -0.39 is 0 Å². The van der Waals surface area contributed by atoms with E-state index in [1.165, 1.54) is 18.2 Å². The minimum Gasteiger partial charge on any atom is -0.508 e. The Morgan fingerprint density at radius 1 is 1.19 bits per heavy atom. The Hall–Kier alpha value is -1.75. The normalized spacial score (nSPS) is 12.4. The first-order valence-electron chi connectivity index (χ1n) is 7.52. The van der Waals surface area contributed by atoms with Gasteiger partial charge in [-0.15, -0.1) is 0 Å². The molecular weight excluding hydrogens is 268 g/mol. The van der Waals surface area contributed by atoms with Crippen LogP contribution < -0.4 is 5.32 Å². The molecule has 0 aromatic heterocycles. The molecular formula is C16H26N2O3. The van der Waals surface area contributed by atoms with Gasteiger partial charge >= 0.3 is 0 Å². The summed E-state index contributed by atoms with van der Waals surface area (Å²) in [7, 11) is 0. The van der Waals surface area contributed by atoms with Crippen LogP contribution in [-0.2, 0) is 0 Å². The van der Waals surface area contributed by atoms with Crippen LogP contribution in [0, 0.1) is 0 Å². The minimum atomic E-state index is -0.281. The van der Waals surface area contributed by atoms with Crippen LogP contribution in [0.15, 0.2) is 18.2 Å². The van der Waals surface area contributed by atoms with Crippen molar-refractivity contribution >= 4 is 5.91 Å². The summed E-state index contributed by atoms with van der Waals surface area (Å²) in [6, 6.07) is 3.94. The highest BCUT2D eigenvalue weighted by atomic mass is 16.3.